The Labute approximate surface area is 41.2 Å². The van der Waals surface area contributed by atoms with Gasteiger partial charge in [0.1, 0.15) is 0 Å². The number of nitrogens with zero attached hydrogens (tertiary/aromatic N) is 1. The van der Waals surface area contributed by atoms with Gasteiger partial charge in [0.05, 0.1) is 0 Å². The molecule has 0 bridgehead atoms. The van der Waals surface area contributed by atoms with Crippen molar-refractivity contribution in [2.75, 3.05) is 0 Å². The van der Waals surface area contributed by atoms with Gasteiger partial charge in [0.25, 0.3) is 0 Å². The van der Waals surface area contributed by atoms with Gasteiger partial charge in [0, 0.05) is 6.21 Å². The van der Waals surface area contributed by atoms with Crippen molar-refractivity contribution >= 4 is 16.6 Å². The van der Waals surface area contributed by atoms with Crippen LogP contribution < -0.4 is 0 Å². The zero-order valence-electron chi connectivity index (χ0n) is 3.63. The molecule has 0 N–H and O–H groups in total. The van der Waals surface area contributed by atoms with Crippen LogP contribution in [0.2, 0.25) is 0 Å². The maximum absolute atomic E-state index is 11.2. The van der Waals surface area contributed by atoms with Gasteiger partial charge in [-0.05, 0) is 6.92 Å². The molecule has 7 heavy (non-hydrogen) atoms. The summed E-state index contributed by atoms with van der Waals surface area (Å²) in [5, 5.41) is 0. The Bertz CT molecular complexity index is 159. The van der Waals surface area contributed by atoms with Crippen LogP contribution in [-0.2, 0) is 10.4 Å². The predicted octanol–water partition coefficient (Wildman–Crippen LogP) is 0.291. The van der Waals surface area contributed by atoms with Gasteiger partial charge in [-0.2, -0.15) is 8.42 Å². The zero-order valence-corrected chi connectivity index (χ0v) is 4.44. The molecule has 0 fully saturated rings. The summed E-state index contributed by atoms with van der Waals surface area (Å²) < 4.78 is 32.3. The molecule has 0 saturated carbocycles. The van der Waals surface area contributed by atoms with Gasteiger partial charge in [-0.3, -0.25) is 0 Å². The fourth-order valence-electron chi connectivity index (χ4n) is 0.126. The number of hydrogen-bond donors (Lipinski definition) is 0. The van der Waals surface area contributed by atoms with E-state index >= 15 is 0 Å². The lowest BCUT2D eigenvalue weighted by molar-refractivity contribution is 0.554. The summed E-state index contributed by atoms with van der Waals surface area (Å²) in [5.41, 5.74) is 0. The minimum absolute atomic E-state index is 0.870. The molecule has 0 aromatic heterocycles. The van der Waals surface area contributed by atoms with Crippen LogP contribution in [0.25, 0.3) is 0 Å². The highest BCUT2D eigenvalue weighted by atomic mass is 32.3. The van der Waals surface area contributed by atoms with Crippen molar-refractivity contribution in [3.63, 3.8) is 0 Å². The molecular weight excluding hydrogens is 121 g/mol. The number of halogens is 1. The Balaban J connectivity index is 4.13. The largest absolute Gasteiger partial charge is 0.417 e. The molecule has 0 saturated heterocycles. The molecule has 0 spiro atoms. The molecule has 0 atom stereocenters. The quantitative estimate of drug-likeness (QED) is 0.373. The van der Waals surface area contributed by atoms with Crippen LogP contribution in [0, 0.1) is 0 Å². The maximum atomic E-state index is 11.2. The zero-order chi connectivity index (χ0) is 5.91. The Kier molecular flexibility index (Phi) is 1.89. The van der Waals surface area contributed by atoms with Gasteiger partial charge in [-0.1, -0.05) is 3.89 Å². The van der Waals surface area contributed by atoms with Crippen molar-refractivity contribution in [1.29, 1.82) is 0 Å². The van der Waals surface area contributed by atoms with E-state index in [1.165, 1.54) is 6.92 Å². The first-order valence-electron chi connectivity index (χ1n) is 1.51. The standard InChI is InChI=1S/C2H4FNO2S/c1-2-4-7(3,5)6/h2H,1H3/b4-2+. The molecule has 0 aliphatic carbocycles. The summed E-state index contributed by atoms with van der Waals surface area (Å²) in [7, 11) is -4.60. The van der Waals surface area contributed by atoms with Crippen molar-refractivity contribution in [3.05, 3.63) is 0 Å². The summed E-state index contributed by atoms with van der Waals surface area (Å²) in [6.07, 6.45) is 0.870. The second kappa shape index (κ2) is 2.02. The molecule has 0 heterocycles. The average Bonchev–Trinajstić information content (AvgIpc) is 1.30. The molecule has 0 aliphatic heterocycles. The van der Waals surface area contributed by atoms with Gasteiger partial charge in [0.2, 0.25) is 0 Å². The van der Waals surface area contributed by atoms with Crippen LogP contribution in [0.5, 0.6) is 0 Å². The average molecular weight is 125 g/mol. The van der Waals surface area contributed by atoms with Gasteiger partial charge in [-0.15, -0.1) is 4.40 Å². The van der Waals surface area contributed by atoms with Crippen LogP contribution in [0.1, 0.15) is 6.92 Å². The first-order valence-corrected chi connectivity index (χ1v) is 2.85. The molecule has 0 rings (SSSR count). The Hall–Kier alpha value is -0.450. The van der Waals surface area contributed by atoms with Crippen LogP contribution >= 0.6 is 0 Å². The Morgan fingerprint density at radius 2 is 2.14 bits per heavy atom. The molecule has 0 aromatic carbocycles. The first-order chi connectivity index (χ1) is 3.06. The van der Waals surface area contributed by atoms with Crippen molar-refractivity contribution in [2.24, 2.45) is 4.40 Å². The molecule has 5 heteroatoms. The summed E-state index contributed by atoms with van der Waals surface area (Å²) in [6.45, 7) is 1.32. The van der Waals surface area contributed by atoms with Gasteiger partial charge >= 0.3 is 10.4 Å². The third-order valence-corrected chi connectivity index (χ3v) is 0.694. The van der Waals surface area contributed by atoms with E-state index in [-0.39, 0.29) is 0 Å². The molecule has 0 unspecified atom stereocenters. The van der Waals surface area contributed by atoms with Crippen molar-refractivity contribution in [2.45, 2.75) is 6.92 Å². The summed E-state index contributed by atoms with van der Waals surface area (Å²) >= 11 is 0. The van der Waals surface area contributed by atoms with Gasteiger partial charge in [-0.25, -0.2) is 0 Å². The topological polar surface area (TPSA) is 46.5 Å². The van der Waals surface area contributed by atoms with Crippen LogP contribution in [0.3, 0.4) is 0 Å². The molecule has 0 radical (unpaired) electrons. The lowest BCUT2D eigenvalue weighted by atomic mass is 10.9. The second-order valence-corrected chi connectivity index (χ2v) is 1.81. The van der Waals surface area contributed by atoms with Crippen molar-refractivity contribution in [3.8, 4) is 0 Å². The monoisotopic (exact) mass is 125 g/mol. The van der Waals surface area contributed by atoms with E-state index in [4.69, 9.17) is 0 Å². The molecule has 0 aromatic rings. The van der Waals surface area contributed by atoms with E-state index in [0.717, 1.165) is 6.21 Å². The van der Waals surface area contributed by atoms with E-state index in [9.17, 15) is 12.3 Å². The highest BCUT2D eigenvalue weighted by Gasteiger charge is 1.95. The van der Waals surface area contributed by atoms with E-state index < -0.39 is 10.4 Å². The minimum Gasteiger partial charge on any atom is -0.170 e. The van der Waals surface area contributed by atoms with Gasteiger partial charge < -0.3 is 0 Å². The fraction of sp³-hybridized carbons (Fsp3) is 0.500. The van der Waals surface area contributed by atoms with Gasteiger partial charge in [0.15, 0.2) is 0 Å². The summed E-state index contributed by atoms with van der Waals surface area (Å²) in [6, 6.07) is 0. The lowest BCUT2D eigenvalue weighted by Crippen LogP contribution is -1.80. The lowest BCUT2D eigenvalue weighted by Gasteiger charge is -1.72. The normalized spacial score (nSPS) is 12.9. The molecule has 0 aliphatic rings. The Morgan fingerprint density at radius 3 is 2.14 bits per heavy atom. The smallest absolute Gasteiger partial charge is 0.170 e. The summed E-state index contributed by atoms with van der Waals surface area (Å²) in [4.78, 5) is 0. The summed E-state index contributed by atoms with van der Waals surface area (Å²) in [5.74, 6) is 0. The highest BCUT2D eigenvalue weighted by molar-refractivity contribution is 7.85. The van der Waals surface area contributed by atoms with E-state index in [1.54, 1.807) is 0 Å². The van der Waals surface area contributed by atoms with Crippen LogP contribution in [0.15, 0.2) is 4.40 Å². The Morgan fingerprint density at radius 1 is 1.71 bits per heavy atom. The predicted molar refractivity (Wildman–Crippen MR) is 24.2 cm³/mol. The van der Waals surface area contributed by atoms with Crippen molar-refractivity contribution in [1.82, 2.24) is 0 Å². The van der Waals surface area contributed by atoms with E-state index in [1.807, 2.05) is 0 Å². The SMILES string of the molecule is C/C=N/S(=O)(=O)F. The number of rotatable bonds is 1. The maximum Gasteiger partial charge on any atom is 0.417 e. The van der Waals surface area contributed by atoms with Crippen molar-refractivity contribution < 1.29 is 12.3 Å². The van der Waals surface area contributed by atoms with E-state index in [2.05, 4.69) is 4.40 Å². The molecule has 42 valence electrons. The number of hydrogen-bond acceptors (Lipinski definition) is 2. The minimum atomic E-state index is -4.60. The van der Waals surface area contributed by atoms with E-state index in [0.29, 0.717) is 0 Å². The third-order valence-electron chi connectivity index (χ3n) is 0.231. The highest BCUT2D eigenvalue weighted by Crippen LogP contribution is 1.87. The third kappa shape index (κ3) is 5.55. The first kappa shape index (κ1) is 6.55. The molecule has 3 nitrogen and oxygen atoms in total. The molecule has 0 amide bonds. The molecular formula is C2H4FNO2S. The van der Waals surface area contributed by atoms with Crippen LogP contribution in [-0.4, -0.2) is 14.6 Å². The van der Waals surface area contributed by atoms with Crippen LogP contribution in [0.4, 0.5) is 3.89 Å². The second-order valence-electron chi connectivity index (χ2n) is 0.776. The fourth-order valence-corrected chi connectivity index (χ4v) is 0.378.